The predicted octanol–water partition coefficient (Wildman–Crippen LogP) is 2.58. The Morgan fingerprint density at radius 3 is 2.53 bits per heavy atom. The number of halogens is 1. The van der Waals surface area contributed by atoms with Crippen LogP contribution in [0.1, 0.15) is 18.9 Å². The largest absolute Gasteiger partial charge is 0.371 e. The maximum Gasteiger partial charge on any atom is 0.207 e. The third-order valence-electron chi connectivity index (χ3n) is 2.54. The van der Waals surface area contributed by atoms with Gasteiger partial charge in [0.05, 0.1) is 0 Å². The molecule has 1 N–H and O–H groups in total. The topological polar surface area (TPSA) is 32.3 Å². The number of carbonyl (C=O) groups is 1. The summed E-state index contributed by atoms with van der Waals surface area (Å²) in [6, 6.07) is 8.40. The van der Waals surface area contributed by atoms with E-state index >= 15 is 0 Å². The van der Waals surface area contributed by atoms with Crippen LogP contribution in [0.3, 0.4) is 0 Å². The average molecular weight is 346 g/mol. The summed E-state index contributed by atoms with van der Waals surface area (Å²) in [6.45, 7) is 4.97. The zero-order chi connectivity index (χ0) is 12.5. The molecule has 0 atom stereocenters. The van der Waals surface area contributed by atoms with Gasteiger partial charge in [-0.1, -0.05) is 41.6 Å². The molecule has 0 heterocycles. The molecule has 1 aromatic rings. The van der Waals surface area contributed by atoms with Gasteiger partial charge in [0.2, 0.25) is 6.41 Å². The first-order chi connectivity index (χ1) is 8.31. The summed E-state index contributed by atoms with van der Waals surface area (Å²) >= 11 is 2.40. The van der Waals surface area contributed by atoms with Gasteiger partial charge in [-0.3, -0.25) is 4.79 Å². The molecule has 0 aliphatic heterocycles. The van der Waals surface area contributed by atoms with E-state index in [2.05, 4.69) is 64.0 Å². The Balaban J connectivity index is 2.65. The van der Waals surface area contributed by atoms with Gasteiger partial charge in [-0.2, -0.15) is 0 Å². The number of carbonyl (C=O) groups excluding carboxylic acids is 1. The van der Waals surface area contributed by atoms with Crippen molar-refractivity contribution in [1.29, 1.82) is 0 Å². The van der Waals surface area contributed by atoms with Crippen LogP contribution in [0.2, 0.25) is 0 Å². The molecule has 0 aliphatic rings. The van der Waals surface area contributed by atoms with E-state index in [0.29, 0.717) is 6.54 Å². The van der Waals surface area contributed by atoms with Gasteiger partial charge in [0.25, 0.3) is 0 Å². The number of hydrogen-bond donors (Lipinski definition) is 1. The van der Waals surface area contributed by atoms with Crippen LogP contribution < -0.4 is 10.2 Å². The summed E-state index contributed by atoms with van der Waals surface area (Å²) in [5, 5.41) is 2.67. The second kappa shape index (κ2) is 8.33. The van der Waals surface area contributed by atoms with Crippen LogP contribution in [-0.2, 0) is 11.3 Å². The number of nitrogens with zero attached hydrogens (tertiary/aromatic N) is 1. The van der Waals surface area contributed by atoms with Crippen LogP contribution in [0.15, 0.2) is 24.3 Å². The summed E-state index contributed by atoms with van der Waals surface area (Å²) in [6.07, 6.45) is 1.89. The molecule has 17 heavy (non-hydrogen) atoms. The second-order valence-corrected chi connectivity index (χ2v) is 4.92. The van der Waals surface area contributed by atoms with Crippen LogP contribution in [0.5, 0.6) is 0 Å². The maximum atomic E-state index is 10.2. The quantitative estimate of drug-likeness (QED) is 0.446. The van der Waals surface area contributed by atoms with Gasteiger partial charge in [-0.15, -0.1) is 0 Å². The van der Waals surface area contributed by atoms with Crippen molar-refractivity contribution in [3.63, 3.8) is 0 Å². The first kappa shape index (κ1) is 14.3. The molecule has 0 aromatic heterocycles. The van der Waals surface area contributed by atoms with Crippen LogP contribution in [-0.4, -0.2) is 23.9 Å². The van der Waals surface area contributed by atoms with Crippen molar-refractivity contribution < 1.29 is 4.79 Å². The van der Waals surface area contributed by atoms with Crippen molar-refractivity contribution in [3.8, 4) is 0 Å². The average Bonchev–Trinajstić information content (AvgIpc) is 2.37. The Morgan fingerprint density at radius 2 is 2.00 bits per heavy atom. The molecular weight excluding hydrogens is 327 g/mol. The van der Waals surface area contributed by atoms with Gasteiger partial charge in [0.15, 0.2) is 0 Å². The molecule has 0 bridgehead atoms. The summed E-state index contributed by atoms with van der Waals surface area (Å²) < 4.78 is 1.13. The number of hydrogen-bond acceptors (Lipinski definition) is 2. The Morgan fingerprint density at radius 1 is 1.29 bits per heavy atom. The minimum atomic E-state index is 0.601. The number of benzene rings is 1. The highest BCUT2D eigenvalue weighted by Crippen LogP contribution is 2.16. The summed E-state index contributed by atoms with van der Waals surface area (Å²) in [4.78, 5) is 12.6. The molecule has 0 radical (unpaired) electrons. The van der Waals surface area contributed by atoms with Gasteiger partial charge >= 0.3 is 0 Å². The summed E-state index contributed by atoms with van der Waals surface area (Å²) in [5.74, 6) is 0. The lowest BCUT2D eigenvalue weighted by Gasteiger charge is -2.23. The molecule has 0 spiro atoms. The normalized spacial score (nSPS) is 10.0. The first-order valence-electron chi connectivity index (χ1n) is 5.88. The van der Waals surface area contributed by atoms with Gasteiger partial charge in [0, 0.05) is 29.7 Å². The molecule has 4 heteroatoms. The van der Waals surface area contributed by atoms with E-state index in [4.69, 9.17) is 0 Å². The Kier molecular flexibility index (Phi) is 7.00. The van der Waals surface area contributed by atoms with Crippen molar-refractivity contribution >= 4 is 34.7 Å². The van der Waals surface area contributed by atoms with Crippen molar-refractivity contribution in [2.24, 2.45) is 0 Å². The van der Waals surface area contributed by atoms with Crippen molar-refractivity contribution in [2.45, 2.75) is 19.9 Å². The molecule has 0 fully saturated rings. The number of alkyl halides is 1. The van der Waals surface area contributed by atoms with Gasteiger partial charge in [-0.05, 0) is 24.1 Å². The minimum Gasteiger partial charge on any atom is -0.371 e. The monoisotopic (exact) mass is 346 g/mol. The highest BCUT2D eigenvalue weighted by atomic mass is 127. The molecule has 0 saturated carbocycles. The molecular formula is C13H19IN2O. The van der Waals surface area contributed by atoms with Crippen molar-refractivity contribution in [3.05, 3.63) is 29.8 Å². The maximum absolute atomic E-state index is 10.2. The van der Waals surface area contributed by atoms with E-state index in [0.717, 1.165) is 35.9 Å². The Hall–Kier alpha value is -0.780. The Labute approximate surface area is 117 Å². The highest BCUT2D eigenvalue weighted by Gasteiger charge is 2.04. The van der Waals surface area contributed by atoms with Crippen molar-refractivity contribution in [2.75, 3.05) is 22.4 Å². The molecule has 0 unspecified atom stereocenters. The van der Waals surface area contributed by atoms with E-state index in [1.807, 2.05) is 0 Å². The van der Waals surface area contributed by atoms with Crippen LogP contribution >= 0.6 is 22.6 Å². The Bertz CT molecular complexity index is 321. The fourth-order valence-electron chi connectivity index (χ4n) is 1.73. The molecule has 0 saturated heterocycles. The molecule has 1 aromatic carbocycles. The fourth-order valence-corrected chi connectivity index (χ4v) is 2.31. The van der Waals surface area contributed by atoms with E-state index in [1.165, 1.54) is 5.69 Å². The number of anilines is 1. The summed E-state index contributed by atoms with van der Waals surface area (Å²) in [7, 11) is 0. The van der Waals surface area contributed by atoms with Crippen LogP contribution in [0, 0.1) is 0 Å². The lowest BCUT2D eigenvalue weighted by atomic mass is 10.2. The summed E-state index contributed by atoms with van der Waals surface area (Å²) in [5.41, 5.74) is 2.39. The second-order valence-electron chi connectivity index (χ2n) is 3.84. The van der Waals surface area contributed by atoms with E-state index in [-0.39, 0.29) is 0 Å². The minimum absolute atomic E-state index is 0.601. The molecule has 94 valence electrons. The SMILES string of the molecule is CCCN(CCI)c1ccc(CNC=O)cc1. The van der Waals surface area contributed by atoms with Crippen LogP contribution in [0.25, 0.3) is 0 Å². The lowest BCUT2D eigenvalue weighted by molar-refractivity contribution is -0.109. The number of nitrogens with one attached hydrogen (secondary N) is 1. The fraction of sp³-hybridized carbons (Fsp3) is 0.462. The van der Waals surface area contributed by atoms with Gasteiger partial charge in [0.1, 0.15) is 0 Å². The lowest BCUT2D eigenvalue weighted by Crippen LogP contribution is -2.26. The highest BCUT2D eigenvalue weighted by molar-refractivity contribution is 14.1. The molecule has 1 rings (SSSR count). The first-order valence-corrected chi connectivity index (χ1v) is 7.41. The number of amides is 1. The standard InChI is InChI=1S/C13H19IN2O/c1-2-8-16(9-7-14)13-5-3-12(4-6-13)10-15-11-17/h3-6,11H,2,7-10H2,1H3,(H,15,17). The molecule has 3 nitrogen and oxygen atoms in total. The van der Waals surface area contributed by atoms with E-state index < -0.39 is 0 Å². The third kappa shape index (κ3) is 4.93. The number of rotatable bonds is 8. The van der Waals surface area contributed by atoms with Crippen LogP contribution in [0.4, 0.5) is 5.69 Å². The van der Waals surface area contributed by atoms with E-state index in [9.17, 15) is 4.79 Å². The molecule has 1 amide bonds. The van der Waals surface area contributed by atoms with E-state index in [1.54, 1.807) is 0 Å². The predicted molar refractivity (Wildman–Crippen MR) is 80.7 cm³/mol. The van der Waals surface area contributed by atoms with Crippen molar-refractivity contribution in [1.82, 2.24) is 5.32 Å². The van der Waals surface area contributed by atoms with Gasteiger partial charge in [-0.25, -0.2) is 0 Å². The van der Waals surface area contributed by atoms with Gasteiger partial charge < -0.3 is 10.2 Å². The molecule has 0 aliphatic carbocycles. The zero-order valence-corrected chi connectivity index (χ0v) is 12.3. The zero-order valence-electron chi connectivity index (χ0n) is 10.2. The third-order valence-corrected chi connectivity index (χ3v) is 3.02. The smallest absolute Gasteiger partial charge is 0.207 e.